The summed E-state index contributed by atoms with van der Waals surface area (Å²) in [6, 6.07) is 3.70. The quantitative estimate of drug-likeness (QED) is 0.783. The van der Waals surface area contributed by atoms with Gasteiger partial charge in [0, 0.05) is 13.1 Å². The maximum atomic E-state index is 12.8. The Kier molecular flexibility index (Phi) is 5.37. The van der Waals surface area contributed by atoms with Crippen LogP contribution in [0.3, 0.4) is 0 Å². The van der Waals surface area contributed by atoms with Crippen LogP contribution in [-0.2, 0) is 27.0 Å². The van der Waals surface area contributed by atoms with Gasteiger partial charge < -0.3 is 0 Å². The highest BCUT2D eigenvalue weighted by Gasteiger charge is 2.31. The fraction of sp³-hybridized carbons (Fsp3) is 0.600. The molecular formula is C15H20F3NO3S. The van der Waals surface area contributed by atoms with Crippen LogP contribution in [0.4, 0.5) is 13.2 Å². The van der Waals surface area contributed by atoms with Crippen molar-refractivity contribution in [2.45, 2.75) is 38.6 Å². The number of halogens is 3. The van der Waals surface area contributed by atoms with E-state index >= 15 is 0 Å². The van der Waals surface area contributed by atoms with E-state index in [-0.39, 0.29) is 0 Å². The van der Waals surface area contributed by atoms with Gasteiger partial charge in [-0.1, -0.05) is 6.07 Å². The summed E-state index contributed by atoms with van der Waals surface area (Å²) in [5.41, 5.74) is 0.711. The van der Waals surface area contributed by atoms with Crippen molar-refractivity contribution < 1.29 is 25.8 Å². The highest BCUT2D eigenvalue weighted by atomic mass is 32.2. The molecule has 1 aliphatic heterocycles. The predicted molar refractivity (Wildman–Crippen MR) is 80.4 cm³/mol. The van der Waals surface area contributed by atoms with E-state index in [0.717, 1.165) is 30.4 Å². The third-order valence-electron chi connectivity index (χ3n) is 3.84. The zero-order chi connectivity index (χ0) is 17.3. The zero-order valence-electron chi connectivity index (χ0n) is 13.1. The van der Waals surface area contributed by atoms with E-state index in [2.05, 4.69) is 0 Å². The van der Waals surface area contributed by atoms with E-state index in [0.29, 0.717) is 31.6 Å². The molecule has 0 unspecified atom stereocenters. The Morgan fingerprint density at radius 3 is 2.65 bits per heavy atom. The van der Waals surface area contributed by atoms with E-state index in [1.54, 1.807) is 6.92 Å². The summed E-state index contributed by atoms with van der Waals surface area (Å²) in [5, 5.41) is 0. The molecule has 0 N–H and O–H groups in total. The summed E-state index contributed by atoms with van der Waals surface area (Å²) in [6.07, 6.45) is -2.43. The lowest BCUT2D eigenvalue weighted by Crippen LogP contribution is -2.40. The van der Waals surface area contributed by atoms with Crippen molar-refractivity contribution >= 4 is 10.1 Å². The molecule has 0 saturated carbocycles. The van der Waals surface area contributed by atoms with Crippen molar-refractivity contribution in [1.29, 1.82) is 0 Å². The zero-order valence-corrected chi connectivity index (χ0v) is 13.9. The Morgan fingerprint density at radius 2 is 2.04 bits per heavy atom. The van der Waals surface area contributed by atoms with Gasteiger partial charge >= 0.3 is 6.18 Å². The molecule has 0 radical (unpaired) electrons. The van der Waals surface area contributed by atoms with Crippen molar-refractivity contribution in [2.24, 2.45) is 0 Å². The number of aryl methyl sites for hydroxylation is 1. The molecule has 4 nitrogen and oxygen atoms in total. The van der Waals surface area contributed by atoms with Gasteiger partial charge in [-0.2, -0.15) is 21.6 Å². The highest BCUT2D eigenvalue weighted by Crippen LogP contribution is 2.31. The monoisotopic (exact) mass is 351 g/mol. The summed E-state index contributed by atoms with van der Waals surface area (Å²) in [6.45, 7) is 3.21. The molecule has 1 saturated heterocycles. The number of rotatable bonds is 4. The van der Waals surface area contributed by atoms with Crippen molar-refractivity contribution in [2.75, 3.05) is 19.3 Å². The third kappa shape index (κ3) is 5.47. The number of likely N-dealkylation sites (tertiary alicyclic amines) is 1. The Morgan fingerprint density at radius 1 is 1.35 bits per heavy atom. The van der Waals surface area contributed by atoms with Crippen molar-refractivity contribution in [1.82, 2.24) is 4.90 Å². The van der Waals surface area contributed by atoms with Crippen molar-refractivity contribution in [3.63, 3.8) is 0 Å². The fourth-order valence-corrected chi connectivity index (χ4v) is 3.39. The van der Waals surface area contributed by atoms with Gasteiger partial charge in [0.2, 0.25) is 0 Å². The van der Waals surface area contributed by atoms with Gasteiger partial charge in [-0.15, -0.1) is 0 Å². The van der Waals surface area contributed by atoms with Crippen LogP contribution in [0.2, 0.25) is 0 Å². The second kappa shape index (κ2) is 6.78. The van der Waals surface area contributed by atoms with Gasteiger partial charge in [-0.05, 0) is 49.6 Å². The van der Waals surface area contributed by atoms with Crippen molar-refractivity contribution in [3.8, 4) is 0 Å². The van der Waals surface area contributed by atoms with Gasteiger partial charge in [-0.3, -0.25) is 9.08 Å². The first-order chi connectivity index (χ1) is 10.5. The van der Waals surface area contributed by atoms with Crippen LogP contribution in [0, 0.1) is 6.92 Å². The number of hydrogen-bond donors (Lipinski definition) is 0. The molecule has 1 fully saturated rings. The summed E-state index contributed by atoms with van der Waals surface area (Å²) in [5.74, 6) is 0. The minimum atomic E-state index is -4.37. The molecule has 0 bridgehead atoms. The minimum Gasteiger partial charge on any atom is -0.296 e. The molecule has 1 aliphatic rings. The van der Waals surface area contributed by atoms with E-state index in [1.165, 1.54) is 6.07 Å². The average Bonchev–Trinajstić information content (AvgIpc) is 2.38. The van der Waals surface area contributed by atoms with Crippen LogP contribution >= 0.6 is 0 Å². The van der Waals surface area contributed by atoms with Crippen LogP contribution in [-0.4, -0.2) is 38.8 Å². The SMILES string of the molecule is Cc1ccc(C(F)(F)F)cc1CN1CCC[C@H](OS(C)(=O)=O)C1. The Hall–Kier alpha value is -1.12. The van der Waals surface area contributed by atoms with Crippen LogP contribution in [0.25, 0.3) is 0 Å². The van der Waals surface area contributed by atoms with Gasteiger partial charge in [0.25, 0.3) is 10.1 Å². The molecule has 1 aromatic rings. The Labute approximate surface area is 134 Å². The normalized spacial score (nSPS) is 20.7. The first kappa shape index (κ1) is 18.2. The highest BCUT2D eigenvalue weighted by molar-refractivity contribution is 7.86. The van der Waals surface area contributed by atoms with Crippen molar-refractivity contribution in [3.05, 3.63) is 34.9 Å². The van der Waals surface area contributed by atoms with E-state index < -0.39 is 28.0 Å². The second-order valence-corrected chi connectivity index (χ2v) is 7.54. The first-order valence-electron chi connectivity index (χ1n) is 7.32. The Balaban J connectivity index is 2.09. The summed E-state index contributed by atoms with van der Waals surface area (Å²) < 4.78 is 65.9. The molecule has 0 amide bonds. The van der Waals surface area contributed by atoms with Gasteiger partial charge in [0.15, 0.2) is 0 Å². The standard InChI is InChI=1S/C15H20F3NO3S/c1-11-5-6-13(15(16,17)18)8-12(11)9-19-7-3-4-14(10-19)22-23(2,20)21/h5-6,8,14H,3-4,7,9-10H2,1-2H3/t14-/m0/s1. The molecule has 8 heteroatoms. The maximum Gasteiger partial charge on any atom is 0.416 e. The topological polar surface area (TPSA) is 46.6 Å². The molecule has 0 aromatic heterocycles. The summed E-state index contributed by atoms with van der Waals surface area (Å²) in [7, 11) is -3.53. The van der Waals surface area contributed by atoms with Crippen LogP contribution in [0.15, 0.2) is 18.2 Å². The lowest BCUT2D eigenvalue weighted by molar-refractivity contribution is -0.137. The molecule has 1 heterocycles. The summed E-state index contributed by atoms with van der Waals surface area (Å²) >= 11 is 0. The largest absolute Gasteiger partial charge is 0.416 e. The van der Waals surface area contributed by atoms with Gasteiger partial charge in [0.1, 0.15) is 0 Å². The number of hydrogen-bond acceptors (Lipinski definition) is 4. The fourth-order valence-electron chi connectivity index (χ4n) is 2.74. The van der Waals surface area contributed by atoms with Crippen LogP contribution in [0.5, 0.6) is 0 Å². The lowest BCUT2D eigenvalue weighted by atomic mass is 10.0. The molecule has 0 aliphatic carbocycles. The number of nitrogens with zero attached hydrogens (tertiary/aromatic N) is 1. The minimum absolute atomic E-state index is 0.347. The smallest absolute Gasteiger partial charge is 0.296 e. The van der Waals surface area contributed by atoms with Crippen LogP contribution in [0.1, 0.15) is 29.5 Å². The predicted octanol–water partition coefficient (Wildman–Crippen LogP) is 2.95. The van der Waals surface area contributed by atoms with E-state index in [1.807, 2.05) is 4.90 Å². The second-order valence-electron chi connectivity index (χ2n) is 5.94. The van der Waals surface area contributed by atoms with E-state index in [4.69, 9.17) is 4.18 Å². The van der Waals surface area contributed by atoms with Gasteiger partial charge in [0.05, 0.1) is 17.9 Å². The number of benzene rings is 1. The third-order valence-corrected chi connectivity index (χ3v) is 4.47. The maximum absolute atomic E-state index is 12.8. The average molecular weight is 351 g/mol. The molecule has 23 heavy (non-hydrogen) atoms. The first-order valence-corrected chi connectivity index (χ1v) is 9.13. The number of alkyl halides is 3. The molecule has 1 aromatic carbocycles. The molecule has 0 spiro atoms. The van der Waals surface area contributed by atoms with E-state index in [9.17, 15) is 21.6 Å². The Bertz CT molecular complexity index is 658. The molecular weight excluding hydrogens is 331 g/mol. The molecule has 1 atom stereocenters. The summed E-state index contributed by atoms with van der Waals surface area (Å²) in [4.78, 5) is 1.93. The molecule has 2 rings (SSSR count). The number of piperidine rings is 1. The van der Waals surface area contributed by atoms with Crippen LogP contribution < -0.4 is 0 Å². The lowest BCUT2D eigenvalue weighted by Gasteiger charge is -2.32. The van der Waals surface area contributed by atoms with Gasteiger partial charge in [-0.25, -0.2) is 0 Å². The molecule has 130 valence electrons.